The van der Waals surface area contributed by atoms with Gasteiger partial charge in [0.2, 0.25) is 10.0 Å². The van der Waals surface area contributed by atoms with E-state index < -0.39 is 10.0 Å². The number of hydrogen-bond donors (Lipinski definition) is 1. The number of rotatable bonds is 7. The molecule has 0 radical (unpaired) electrons. The molecule has 1 aliphatic heterocycles. The highest BCUT2D eigenvalue weighted by atomic mass is 32.2. The second kappa shape index (κ2) is 10.3. The third kappa shape index (κ3) is 5.66. The summed E-state index contributed by atoms with van der Waals surface area (Å²) in [6, 6.07) is 12.3. The minimum absolute atomic E-state index is 0.218. The topological polar surface area (TPSA) is 75.7 Å². The van der Waals surface area contributed by atoms with Gasteiger partial charge in [-0.25, -0.2) is 8.42 Å². The van der Waals surface area contributed by atoms with Crippen molar-refractivity contribution < 1.29 is 17.9 Å². The third-order valence-corrected chi connectivity index (χ3v) is 7.71. The summed E-state index contributed by atoms with van der Waals surface area (Å²) < 4.78 is 33.5. The summed E-state index contributed by atoms with van der Waals surface area (Å²) in [7, 11) is -3.62. The molecular formula is C24H32N2O4S. The number of nitrogens with zero attached hydrogens (tertiary/aromatic N) is 1. The van der Waals surface area contributed by atoms with E-state index in [4.69, 9.17) is 4.74 Å². The van der Waals surface area contributed by atoms with Crippen LogP contribution in [0.2, 0.25) is 0 Å². The molecule has 1 saturated heterocycles. The number of sulfonamides is 1. The molecule has 6 nitrogen and oxygen atoms in total. The highest BCUT2D eigenvalue weighted by Gasteiger charge is 2.27. The summed E-state index contributed by atoms with van der Waals surface area (Å²) in [4.78, 5) is 13.1. The molecule has 1 aliphatic rings. The van der Waals surface area contributed by atoms with Gasteiger partial charge in [-0.2, -0.15) is 4.31 Å². The summed E-state index contributed by atoms with van der Waals surface area (Å²) in [5.41, 5.74) is 1.94. The number of benzene rings is 2. The van der Waals surface area contributed by atoms with E-state index in [-0.39, 0.29) is 16.8 Å². The number of nitrogens with one attached hydrogen (secondary N) is 1. The molecule has 1 N–H and O–H groups in total. The van der Waals surface area contributed by atoms with Crippen molar-refractivity contribution in [2.45, 2.75) is 57.4 Å². The van der Waals surface area contributed by atoms with Crippen molar-refractivity contribution in [3.05, 3.63) is 59.2 Å². The van der Waals surface area contributed by atoms with Gasteiger partial charge in [-0.05, 0) is 69.0 Å². The molecular weight excluding hydrogens is 412 g/mol. The van der Waals surface area contributed by atoms with Crippen molar-refractivity contribution in [2.24, 2.45) is 0 Å². The zero-order valence-corrected chi connectivity index (χ0v) is 19.4. The molecule has 0 unspecified atom stereocenters. The van der Waals surface area contributed by atoms with Crippen LogP contribution in [0.1, 0.15) is 67.1 Å². The lowest BCUT2D eigenvalue weighted by molar-refractivity contribution is 0.0939. The fourth-order valence-corrected chi connectivity index (χ4v) is 5.59. The fraction of sp³-hybridized carbons (Fsp3) is 0.458. The van der Waals surface area contributed by atoms with Crippen molar-refractivity contribution >= 4 is 15.9 Å². The molecule has 1 heterocycles. The third-order valence-electron chi connectivity index (χ3n) is 5.67. The van der Waals surface area contributed by atoms with Crippen LogP contribution in [0.4, 0.5) is 0 Å². The van der Waals surface area contributed by atoms with E-state index in [1.807, 2.05) is 38.1 Å². The van der Waals surface area contributed by atoms with Gasteiger partial charge in [0.05, 0.1) is 17.5 Å². The van der Waals surface area contributed by atoms with Gasteiger partial charge in [-0.3, -0.25) is 4.79 Å². The minimum Gasteiger partial charge on any atom is -0.494 e. The van der Waals surface area contributed by atoms with Gasteiger partial charge in [-0.15, -0.1) is 0 Å². The largest absolute Gasteiger partial charge is 0.494 e. The van der Waals surface area contributed by atoms with E-state index in [9.17, 15) is 13.2 Å². The lowest BCUT2D eigenvalue weighted by Gasteiger charge is -2.22. The predicted molar refractivity (Wildman–Crippen MR) is 122 cm³/mol. The number of ether oxygens (including phenoxy) is 1. The van der Waals surface area contributed by atoms with Gasteiger partial charge in [0.1, 0.15) is 5.75 Å². The minimum atomic E-state index is -3.62. The summed E-state index contributed by atoms with van der Waals surface area (Å²) >= 11 is 0. The number of hydrogen-bond acceptors (Lipinski definition) is 4. The molecule has 7 heteroatoms. The normalized spacial score (nSPS) is 16.4. The molecule has 0 aliphatic carbocycles. The van der Waals surface area contributed by atoms with Crippen molar-refractivity contribution in [1.29, 1.82) is 0 Å². The lowest BCUT2D eigenvalue weighted by Crippen LogP contribution is -2.33. The number of amides is 1. The molecule has 168 valence electrons. The predicted octanol–water partition coefficient (Wildman–Crippen LogP) is 4.45. The monoisotopic (exact) mass is 444 g/mol. The fourth-order valence-electron chi connectivity index (χ4n) is 3.82. The Bertz CT molecular complexity index is 995. The number of carbonyl (C=O) groups excluding carboxylic acids is 1. The van der Waals surface area contributed by atoms with Crippen LogP contribution in [0.5, 0.6) is 5.75 Å². The Morgan fingerprint density at radius 2 is 1.71 bits per heavy atom. The summed E-state index contributed by atoms with van der Waals surface area (Å²) in [6.45, 7) is 7.27. The average Bonchev–Trinajstić information content (AvgIpc) is 3.05. The standard InChI is InChI=1S/C24H32N2O4S/c1-4-30-22-13-11-20(12-14-22)19(3)25-24(27)21-10-9-18(2)23(17-21)31(28,29)26-15-7-5-6-8-16-26/h9-14,17,19H,4-8,15-16H2,1-3H3,(H,25,27)/t19-/m1/s1. The van der Waals surface area contributed by atoms with Crippen LogP contribution in [0.15, 0.2) is 47.4 Å². The molecule has 1 atom stereocenters. The maximum absolute atomic E-state index is 13.2. The highest BCUT2D eigenvalue weighted by Crippen LogP contribution is 2.25. The van der Waals surface area contributed by atoms with Crippen LogP contribution in [0, 0.1) is 6.92 Å². The summed E-state index contributed by atoms with van der Waals surface area (Å²) in [6.07, 6.45) is 3.85. The van der Waals surface area contributed by atoms with Crippen LogP contribution in [0.3, 0.4) is 0 Å². The first-order valence-corrected chi connectivity index (χ1v) is 12.4. The second-order valence-electron chi connectivity index (χ2n) is 8.00. The van der Waals surface area contributed by atoms with E-state index >= 15 is 0 Å². The number of carbonyl (C=O) groups is 1. The van der Waals surface area contributed by atoms with Crippen LogP contribution in [-0.4, -0.2) is 38.3 Å². The Labute approximate surface area is 185 Å². The van der Waals surface area contributed by atoms with Crippen LogP contribution in [-0.2, 0) is 10.0 Å². The summed E-state index contributed by atoms with van der Waals surface area (Å²) in [5.74, 6) is 0.486. The van der Waals surface area contributed by atoms with Crippen LogP contribution < -0.4 is 10.1 Å². The zero-order valence-electron chi connectivity index (χ0n) is 18.6. The molecule has 31 heavy (non-hydrogen) atoms. The molecule has 2 aromatic carbocycles. The van der Waals surface area contributed by atoms with Crippen LogP contribution >= 0.6 is 0 Å². The second-order valence-corrected chi connectivity index (χ2v) is 9.90. The van der Waals surface area contributed by atoms with Crippen molar-refractivity contribution in [3.8, 4) is 5.75 Å². The van der Waals surface area contributed by atoms with E-state index in [1.54, 1.807) is 23.4 Å². The van der Waals surface area contributed by atoms with Gasteiger partial charge < -0.3 is 10.1 Å². The van der Waals surface area contributed by atoms with Crippen molar-refractivity contribution in [3.63, 3.8) is 0 Å². The van der Waals surface area contributed by atoms with E-state index in [0.717, 1.165) is 37.0 Å². The molecule has 2 aromatic rings. The highest BCUT2D eigenvalue weighted by molar-refractivity contribution is 7.89. The summed E-state index contributed by atoms with van der Waals surface area (Å²) in [5, 5.41) is 2.96. The quantitative estimate of drug-likeness (QED) is 0.685. The molecule has 0 aromatic heterocycles. The Morgan fingerprint density at radius 1 is 1.06 bits per heavy atom. The maximum Gasteiger partial charge on any atom is 0.251 e. The van der Waals surface area contributed by atoms with Gasteiger partial charge in [0.25, 0.3) is 5.91 Å². The van der Waals surface area contributed by atoms with E-state index in [2.05, 4.69) is 5.32 Å². The SMILES string of the molecule is CCOc1ccc([C@@H](C)NC(=O)c2ccc(C)c(S(=O)(=O)N3CCCCCC3)c2)cc1. The van der Waals surface area contributed by atoms with Crippen molar-refractivity contribution in [1.82, 2.24) is 9.62 Å². The van der Waals surface area contributed by atoms with Gasteiger partial charge >= 0.3 is 0 Å². The van der Waals surface area contributed by atoms with Gasteiger partial charge in [0, 0.05) is 18.7 Å². The van der Waals surface area contributed by atoms with Crippen LogP contribution in [0.25, 0.3) is 0 Å². The first kappa shape index (κ1) is 23.3. The average molecular weight is 445 g/mol. The molecule has 0 saturated carbocycles. The first-order chi connectivity index (χ1) is 14.8. The van der Waals surface area contributed by atoms with Gasteiger partial charge in [0.15, 0.2) is 0 Å². The van der Waals surface area contributed by atoms with Crippen molar-refractivity contribution in [2.75, 3.05) is 19.7 Å². The molecule has 3 rings (SSSR count). The molecule has 1 amide bonds. The smallest absolute Gasteiger partial charge is 0.251 e. The van der Waals surface area contributed by atoms with E-state index in [1.165, 1.54) is 6.07 Å². The van der Waals surface area contributed by atoms with E-state index in [0.29, 0.717) is 30.8 Å². The molecule has 0 spiro atoms. The zero-order chi connectivity index (χ0) is 22.4. The Balaban J connectivity index is 1.77. The first-order valence-electron chi connectivity index (χ1n) is 11.0. The molecule has 0 bridgehead atoms. The Morgan fingerprint density at radius 3 is 2.32 bits per heavy atom. The Kier molecular flexibility index (Phi) is 7.73. The van der Waals surface area contributed by atoms with Gasteiger partial charge in [-0.1, -0.05) is 31.0 Å². The maximum atomic E-state index is 13.2. The lowest BCUT2D eigenvalue weighted by atomic mass is 10.1. The number of aryl methyl sites for hydroxylation is 1. The Hall–Kier alpha value is -2.38. The molecule has 1 fully saturated rings.